The lowest BCUT2D eigenvalue weighted by Gasteiger charge is -2.07. The molecule has 0 aliphatic carbocycles. The minimum atomic E-state index is 0.124. The molecular weight excluding hydrogens is 338 g/mol. The van der Waals surface area contributed by atoms with Crippen molar-refractivity contribution in [3.05, 3.63) is 24.3 Å². The lowest BCUT2D eigenvalue weighted by atomic mass is 10.1. The Kier molecular flexibility index (Phi) is 9.38. The molecule has 0 spiro atoms. The topological polar surface area (TPSA) is 99.9 Å². The van der Waals surface area contributed by atoms with Gasteiger partial charge in [-0.1, -0.05) is 64.7 Å². The quantitative estimate of drug-likeness (QED) is 0.480. The number of rotatable bonds is 13. The highest BCUT2D eigenvalue weighted by atomic mass is 16.5. The zero-order valence-electron chi connectivity index (χ0n) is 16.5. The summed E-state index contributed by atoms with van der Waals surface area (Å²) in [5.74, 6) is 1.57. The molecule has 1 heterocycles. The van der Waals surface area contributed by atoms with Gasteiger partial charge in [-0.2, -0.15) is 15.0 Å². The number of anilines is 2. The van der Waals surface area contributed by atoms with Crippen molar-refractivity contribution in [2.24, 2.45) is 0 Å². The maximum Gasteiger partial charge on any atom is 0.225 e. The number of hydrogen-bond acceptors (Lipinski definition) is 6. The maximum absolute atomic E-state index is 5.81. The molecule has 1 aromatic heterocycles. The predicted octanol–water partition coefficient (Wildman–Crippen LogP) is 5.00. The first kappa shape index (κ1) is 20.9. The molecule has 6 heteroatoms. The number of aromatic nitrogens is 3. The number of nitrogens with two attached hydrogens (primary N) is 2. The lowest BCUT2D eigenvalue weighted by Crippen LogP contribution is -2.04. The van der Waals surface area contributed by atoms with Gasteiger partial charge in [-0.25, -0.2) is 0 Å². The molecule has 6 nitrogen and oxygen atoms in total. The summed E-state index contributed by atoms with van der Waals surface area (Å²) in [4.78, 5) is 12.0. The first-order chi connectivity index (χ1) is 13.2. The van der Waals surface area contributed by atoms with Gasteiger partial charge in [0.2, 0.25) is 11.9 Å². The second-order valence-corrected chi connectivity index (χ2v) is 6.93. The molecule has 0 unspecified atom stereocenters. The zero-order chi connectivity index (χ0) is 19.3. The summed E-state index contributed by atoms with van der Waals surface area (Å²) in [6.07, 6.45) is 13.2. The van der Waals surface area contributed by atoms with Gasteiger partial charge in [-0.15, -0.1) is 0 Å². The van der Waals surface area contributed by atoms with Crippen molar-refractivity contribution in [1.82, 2.24) is 15.0 Å². The van der Waals surface area contributed by atoms with E-state index in [1.165, 1.54) is 57.8 Å². The van der Waals surface area contributed by atoms with E-state index in [0.29, 0.717) is 5.82 Å². The molecule has 0 saturated heterocycles. The first-order valence-electron chi connectivity index (χ1n) is 10.2. The minimum Gasteiger partial charge on any atom is -0.494 e. The molecule has 2 rings (SSSR count). The largest absolute Gasteiger partial charge is 0.494 e. The van der Waals surface area contributed by atoms with Crippen LogP contribution in [-0.4, -0.2) is 21.6 Å². The van der Waals surface area contributed by atoms with E-state index in [-0.39, 0.29) is 11.9 Å². The third-order valence-electron chi connectivity index (χ3n) is 4.55. The van der Waals surface area contributed by atoms with E-state index in [1.807, 2.05) is 24.3 Å². The summed E-state index contributed by atoms with van der Waals surface area (Å²) in [5, 5.41) is 0. The Morgan fingerprint density at radius 2 is 1.22 bits per heavy atom. The van der Waals surface area contributed by atoms with Gasteiger partial charge in [0.05, 0.1) is 6.61 Å². The smallest absolute Gasteiger partial charge is 0.225 e. The Morgan fingerprint density at radius 1 is 0.704 bits per heavy atom. The lowest BCUT2D eigenvalue weighted by molar-refractivity contribution is 0.304. The van der Waals surface area contributed by atoms with Crippen LogP contribution in [0.1, 0.15) is 71.1 Å². The summed E-state index contributed by atoms with van der Waals surface area (Å²) >= 11 is 0. The monoisotopic (exact) mass is 371 g/mol. The summed E-state index contributed by atoms with van der Waals surface area (Å²) in [7, 11) is 0. The number of ether oxygens (including phenoxy) is 1. The zero-order valence-corrected chi connectivity index (χ0v) is 16.5. The van der Waals surface area contributed by atoms with Crippen LogP contribution in [0.2, 0.25) is 0 Å². The maximum atomic E-state index is 5.81. The van der Waals surface area contributed by atoms with Gasteiger partial charge in [-0.05, 0) is 30.7 Å². The average molecular weight is 372 g/mol. The fraction of sp³-hybridized carbons (Fsp3) is 0.571. The van der Waals surface area contributed by atoms with E-state index >= 15 is 0 Å². The molecule has 27 heavy (non-hydrogen) atoms. The van der Waals surface area contributed by atoms with Crippen molar-refractivity contribution in [3.8, 4) is 17.1 Å². The SMILES string of the molecule is CCCCCCCCCCCCOc1ccc(-c2nc(N)nc(N)n2)cc1. The van der Waals surface area contributed by atoms with Crippen LogP contribution >= 0.6 is 0 Å². The van der Waals surface area contributed by atoms with Crippen molar-refractivity contribution < 1.29 is 4.74 Å². The second kappa shape index (κ2) is 12.1. The Balaban J connectivity index is 1.59. The van der Waals surface area contributed by atoms with Gasteiger partial charge in [0.15, 0.2) is 5.82 Å². The van der Waals surface area contributed by atoms with E-state index in [4.69, 9.17) is 16.2 Å². The Hall–Kier alpha value is -2.37. The predicted molar refractivity (Wildman–Crippen MR) is 111 cm³/mol. The highest BCUT2D eigenvalue weighted by molar-refractivity contribution is 5.58. The fourth-order valence-corrected chi connectivity index (χ4v) is 3.02. The second-order valence-electron chi connectivity index (χ2n) is 6.93. The van der Waals surface area contributed by atoms with Crippen LogP contribution in [-0.2, 0) is 0 Å². The van der Waals surface area contributed by atoms with Gasteiger partial charge in [0.25, 0.3) is 0 Å². The Labute approximate surface area is 162 Å². The third-order valence-corrected chi connectivity index (χ3v) is 4.55. The van der Waals surface area contributed by atoms with Gasteiger partial charge in [0, 0.05) is 5.56 Å². The number of nitrogens with zero attached hydrogens (tertiary/aromatic N) is 3. The van der Waals surface area contributed by atoms with Gasteiger partial charge in [0.1, 0.15) is 5.75 Å². The first-order valence-corrected chi connectivity index (χ1v) is 10.2. The van der Waals surface area contributed by atoms with E-state index in [2.05, 4.69) is 21.9 Å². The van der Waals surface area contributed by atoms with Crippen molar-refractivity contribution >= 4 is 11.9 Å². The molecule has 1 aromatic carbocycles. The molecule has 2 aromatic rings. The van der Waals surface area contributed by atoms with E-state index in [1.54, 1.807) is 0 Å². The van der Waals surface area contributed by atoms with Crippen LogP contribution in [0.25, 0.3) is 11.4 Å². The fourth-order valence-electron chi connectivity index (χ4n) is 3.02. The van der Waals surface area contributed by atoms with Gasteiger partial charge < -0.3 is 16.2 Å². The minimum absolute atomic E-state index is 0.124. The van der Waals surface area contributed by atoms with Crippen molar-refractivity contribution in [1.29, 1.82) is 0 Å². The standard InChI is InChI=1S/C21H33N5O/c1-2-3-4-5-6-7-8-9-10-11-16-27-18-14-12-17(13-15-18)19-24-20(22)26-21(23)25-19/h12-15H,2-11,16H2,1H3,(H4,22,23,24,25,26). The summed E-state index contributed by atoms with van der Waals surface area (Å²) in [5.41, 5.74) is 12.1. The molecule has 0 bridgehead atoms. The summed E-state index contributed by atoms with van der Waals surface area (Å²) in [6.45, 7) is 3.01. The molecule has 0 fully saturated rings. The van der Waals surface area contributed by atoms with Crippen LogP contribution in [0, 0.1) is 0 Å². The Morgan fingerprint density at radius 3 is 1.78 bits per heavy atom. The van der Waals surface area contributed by atoms with Crippen molar-refractivity contribution in [3.63, 3.8) is 0 Å². The van der Waals surface area contributed by atoms with E-state index in [9.17, 15) is 0 Å². The molecule has 148 valence electrons. The molecule has 0 amide bonds. The van der Waals surface area contributed by atoms with Crippen molar-refractivity contribution in [2.45, 2.75) is 71.1 Å². The molecule has 4 N–H and O–H groups in total. The average Bonchev–Trinajstić information content (AvgIpc) is 2.66. The van der Waals surface area contributed by atoms with Gasteiger partial charge >= 0.3 is 0 Å². The molecular formula is C21H33N5O. The van der Waals surface area contributed by atoms with E-state index < -0.39 is 0 Å². The molecule has 0 saturated carbocycles. The van der Waals surface area contributed by atoms with Crippen LogP contribution in [0.3, 0.4) is 0 Å². The number of benzene rings is 1. The summed E-state index contributed by atoms with van der Waals surface area (Å²) in [6, 6.07) is 7.65. The van der Waals surface area contributed by atoms with Crippen LogP contribution < -0.4 is 16.2 Å². The van der Waals surface area contributed by atoms with Crippen LogP contribution in [0.15, 0.2) is 24.3 Å². The molecule has 0 aliphatic rings. The van der Waals surface area contributed by atoms with Gasteiger partial charge in [-0.3, -0.25) is 0 Å². The number of unbranched alkanes of at least 4 members (excludes halogenated alkanes) is 9. The summed E-state index contributed by atoms with van der Waals surface area (Å²) < 4.78 is 5.81. The Bertz CT molecular complexity index is 640. The van der Waals surface area contributed by atoms with Crippen LogP contribution in [0.4, 0.5) is 11.9 Å². The molecule has 0 radical (unpaired) electrons. The highest BCUT2D eigenvalue weighted by Gasteiger charge is 2.05. The number of nitrogen functional groups attached to an aromatic ring is 2. The third kappa shape index (κ3) is 8.24. The van der Waals surface area contributed by atoms with Crippen LogP contribution in [0.5, 0.6) is 5.75 Å². The molecule has 0 atom stereocenters. The highest BCUT2D eigenvalue weighted by Crippen LogP contribution is 2.20. The van der Waals surface area contributed by atoms with E-state index in [0.717, 1.165) is 24.3 Å². The normalized spacial score (nSPS) is 10.9. The molecule has 0 aliphatic heterocycles. The van der Waals surface area contributed by atoms with Crippen molar-refractivity contribution in [2.75, 3.05) is 18.1 Å². The number of hydrogen-bond donors (Lipinski definition) is 2.